The molecule has 0 spiro atoms. The lowest BCUT2D eigenvalue weighted by Gasteiger charge is -2.20. The van der Waals surface area contributed by atoms with E-state index in [1.165, 1.54) is 12.1 Å². The van der Waals surface area contributed by atoms with Gasteiger partial charge >= 0.3 is 0 Å². The van der Waals surface area contributed by atoms with Gasteiger partial charge in [0.25, 0.3) is 0 Å². The Morgan fingerprint density at radius 2 is 1.76 bits per heavy atom. The van der Waals surface area contributed by atoms with Crippen LogP contribution in [0.4, 0.5) is 4.39 Å². The fourth-order valence-electron chi connectivity index (χ4n) is 2.23. The zero-order valence-electron chi connectivity index (χ0n) is 13.1. The summed E-state index contributed by atoms with van der Waals surface area (Å²) in [5, 5.41) is 3.34. The van der Waals surface area contributed by atoms with Gasteiger partial charge in [-0.15, -0.1) is 0 Å². The van der Waals surface area contributed by atoms with Crippen LogP contribution in [0.5, 0.6) is 0 Å². The quantitative estimate of drug-likeness (QED) is 0.761. The van der Waals surface area contributed by atoms with Gasteiger partial charge in [-0.25, -0.2) is 12.8 Å². The van der Waals surface area contributed by atoms with E-state index in [9.17, 15) is 12.8 Å². The van der Waals surface area contributed by atoms with Crippen molar-refractivity contribution >= 4 is 9.84 Å². The Morgan fingerprint density at radius 3 is 2.29 bits per heavy atom. The molecule has 0 heterocycles. The van der Waals surface area contributed by atoms with Crippen molar-refractivity contribution in [3.05, 3.63) is 35.6 Å². The van der Waals surface area contributed by atoms with Crippen LogP contribution in [-0.2, 0) is 9.84 Å². The molecule has 0 aromatic heterocycles. The van der Waals surface area contributed by atoms with Crippen molar-refractivity contribution in [2.24, 2.45) is 0 Å². The molecule has 1 rings (SSSR count). The van der Waals surface area contributed by atoms with Crippen molar-refractivity contribution in [2.75, 3.05) is 18.1 Å². The standard InChI is InChI=1S/C16H26FNO2S/c1-4-10-21(19,20)11-9-15(12-18-13(2)3)14-5-7-16(17)8-6-14/h5-8,13,15,18H,4,9-12H2,1-3H3. The van der Waals surface area contributed by atoms with Crippen molar-refractivity contribution < 1.29 is 12.8 Å². The van der Waals surface area contributed by atoms with Crippen LogP contribution in [0.15, 0.2) is 24.3 Å². The van der Waals surface area contributed by atoms with E-state index in [4.69, 9.17) is 0 Å². The zero-order valence-corrected chi connectivity index (χ0v) is 13.9. The highest BCUT2D eigenvalue weighted by molar-refractivity contribution is 7.91. The number of benzene rings is 1. The normalized spacial score (nSPS) is 13.6. The van der Waals surface area contributed by atoms with Gasteiger partial charge in [0.2, 0.25) is 0 Å². The molecule has 120 valence electrons. The third-order valence-corrected chi connectivity index (χ3v) is 5.29. The predicted octanol–water partition coefficient (Wildman–Crippen LogP) is 3.12. The van der Waals surface area contributed by atoms with Gasteiger partial charge in [0.1, 0.15) is 15.7 Å². The second-order valence-corrected chi connectivity index (χ2v) is 8.06. The predicted molar refractivity (Wildman–Crippen MR) is 85.8 cm³/mol. The lowest BCUT2D eigenvalue weighted by molar-refractivity contribution is 0.516. The highest BCUT2D eigenvalue weighted by Crippen LogP contribution is 2.21. The highest BCUT2D eigenvalue weighted by Gasteiger charge is 2.17. The van der Waals surface area contributed by atoms with Gasteiger partial charge in [-0.05, 0) is 36.5 Å². The first-order valence-electron chi connectivity index (χ1n) is 7.53. The zero-order chi connectivity index (χ0) is 15.9. The van der Waals surface area contributed by atoms with E-state index in [2.05, 4.69) is 19.2 Å². The molecular formula is C16H26FNO2S. The Balaban J connectivity index is 2.75. The van der Waals surface area contributed by atoms with Crippen molar-refractivity contribution in [3.63, 3.8) is 0 Å². The van der Waals surface area contributed by atoms with E-state index in [1.54, 1.807) is 12.1 Å². The Morgan fingerprint density at radius 1 is 1.14 bits per heavy atom. The molecule has 0 amide bonds. The van der Waals surface area contributed by atoms with Crippen molar-refractivity contribution in [1.82, 2.24) is 5.32 Å². The molecule has 0 fully saturated rings. The van der Waals surface area contributed by atoms with Crippen LogP contribution in [0.1, 0.15) is 45.1 Å². The number of halogens is 1. The minimum absolute atomic E-state index is 0.0830. The molecule has 21 heavy (non-hydrogen) atoms. The second kappa shape index (κ2) is 8.49. The first kappa shape index (κ1) is 18.1. The van der Waals surface area contributed by atoms with E-state index in [1.807, 2.05) is 6.92 Å². The van der Waals surface area contributed by atoms with Crippen LogP contribution < -0.4 is 5.32 Å². The van der Waals surface area contributed by atoms with Crippen molar-refractivity contribution in [2.45, 2.75) is 45.6 Å². The molecule has 5 heteroatoms. The van der Waals surface area contributed by atoms with E-state index < -0.39 is 9.84 Å². The molecule has 1 unspecified atom stereocenters. The lowest BCUT2D eigenvalue weighted by Crippen LogP contribution is -2.29. The summed E-state index contributed by atoms with van der Waals surface area (Å²) in [6.07, 6.45) is 1.21. The molecule has 0 aliphatic heterocycles. The van der Waals surface area contributed by atoms with E-state index >= 15 is 0 Å². The average molecular weight is 315 g/mol. The van der Waals surface area contributed by atoms with E-state index in [0.717, 1.165) is 5.56 Å². The highest BCUT2D eigenvalue weighted by atomic mass is 32.2. The van der Waals surface area contributed by atoms with E-state index in [0.29, 0.717) is 25.4 Å². The van der Waals surface area contributed by atoms with Gasteiger partial charge in [0.05, 0.1) is 5.75 Å². The first-order valence-corrected chi connectivity index (χ1v) is 9.35. The first-order chi connectivity index (χ1) is 9.84. The summed E-state index contributed by atoms with van der Waals surface area (Å²) in [4.78, 5) is 0. The third kappa shape index (κ3) is 7.05. The SMILES string of the molecule is CCCS(=O)(=O)CCC(CNC(C)C)c1ccc(F)cc1. The average Bonchev–Trinajstić information content (AvgIpc) is 2.40. The van der Waals surface area contributed by atoms with Crippen LogP contribution >= 0.6 is 0 Å². The summed E-state index contributed by atoms with van der Waals surface area (Å²) in [5.74, 6) is 0.233. The number of nitrogens with one attached hydrogen (secondary N) is 1. The van der Waals surface area contributed by atoms with Gasteiger partial charge in [0.15, 0.2) is 0 Å². The number of hydrogen-bond donors (Lipinski definition) is 1. The minimum Gasteiger partial charge on any atom is -0.314 e. The topological polar surface area (TPSA) is 46.2 Å². The van der Waals surface area contributed by atoms with Gasteiger partial charge < -0.3 is 5.32 Å². The van der Waals surface area contributed by atoms with Crippen molar-refractivity contribution in [3.8, 4) is 0 Å². The maximum absolute atomic E-state index is 13.0. The molecule has 1 N–H and O–H groups in total. The molecule has 0 aliphatic rings. The Bertz CT molecular complexity index is 512. The molecule has 0 saturated carbocycles. The largest absolute Gasteiger partial charge is 0.314 e. The van der Waals surface area contributed by atoms with Gasteiger partial charge in [-0.1, -0.05) is 32.9 Å². The summed E-state index contributed by atoms with van der Waals surface area (Å²) in [6.45, 7) is 6.67. The molecule has 0 radical (unpaired) electrons. The van der Waals surface area contributed by atoms with Crippen LogP contribution in [-0.4, -0.2) is 32.5 Å². The summed E-state index contributed by atoms with van der Waals surface area (Å²) in [5.41, 5.74) is 0.983. The molecule has 1 atom stereocenters. The summed E-state index contributed by atoms with van der Waals surface area (Å²) >= 11 is 0. The number of sulfone groups is 1. The third-order valence-electron chi connectivity index (χ3n) is 3.41. The van der Waals surface area contributed by atoms with Gasteiger partial charge in [0, 0.05) is 18.3 Å². The second-order valence-electron chi connectivity index (χ2n) is 5.75. The van der Waals surface area contributed by atoms with E-state index in [-0.39, 0.29) is 23.2 Å². The fourth-order valence-corrected chi connectivity index (χ4v) is 3.70. The maximum atomic E-state index is 13.0. The van der Waals surface area contributed by atoms with Gasteiger partial charge in [-0.3, -0.25) is 0 Å². The number of hydrogen-bond acceptors (Lipinski definition) is 3. The van der Waals surface area contributed by atoms with Crippen molar-refractivity contribution in [1.29, 1.82) is 0 Å². The Labute approximate surface area is 127 Å². The monoisotopic (exact) mass is 315 g/mol. The maximum Gasteiger partial charge on any atom is 0.150 e. The molecular weight excluding hydrogens is 289 g/mol. The Kier molecular flexibility index (Phi) is 7.32. The molecule has 0 saturated heterocycles. The Hall–Kier alpha value is -0.940. The van der Waals surface area contributed by atoms with Crippen LogP contribution in [0, 0.1) is 5.82 Å². The van der Waals surface area contributed by atoms with Crippen LogP contribution in [0.2, 0.25) is 0 Å². The minimum atomic E-state index is -2.98. The molecule has 0 aliphatic carbocycles. The molecule has 3 nitrogen and oxygen atoms in total. The summed E-state index contributed by atoms with van der Waals surface area (Å²) in [7, 11) is -2.98. The lowest BCUT2D eigenvalue weighted by atomic mass is 9.96. The molecule has 1 aromatic rings. The summed E-state index contributed by atoms with van der Waals surface area (Å²) < 4.78 is 36.8. The number of rotatable bonds is 9. The fraction of sp³-hybridized carbons (Fsp3) is 0.625. The molecule has 0 bridgehead atoms. The molecule has 1 aromatic carbocycles. The smallest absolute Gasteiger partial charge is 0.150 e. The van der Waals surface area contributed by atoms with Crippen LogP contribution in [0.3, 0.4) is 0 Å². The van der Waals surface area contributed by atoms with Gasteiger partial charge in [-0.2, -0.15) is 0 Å². The summed E-state index contributed by atoms with van der Waals surface area (Å²) in [6, 6.07) is 6.68. The van der Waals surface area contributed by atoms with Crippen LogP contribution in [0.25, 0.3) is 0 Å².